The average Bonchev–Trinajstić information content (AvgIpc) is 2.36. The third kappa shape index (κ3) is 6.70. The molecule has 0 bridgehead atoms. The van der Waals surface area contributed by atoms with Crippen molar-refractivity contribution in [1.82, 2.24) is 5.32 Å². The van der Waals surface area contributed by atoms with Crippen LogP contribution in [0.15, 0.2) is 22.7 Å². The number of halogens is 5. The molecule has 0 fully saturated rings. The molecule has 1 aromatic rings. The summed E-state index contributed by atoms with van der Waals surface area (Å²) in [6, 6.07) is 4.13. The van der Waals surface area contributed by atoms with E-state index < -0.39 is 12.6 Å². The minimum atomic E-state index is -4.18. The topological polar surface area (TPSA) is 12.0 Å². The zero-order valence-corrected chi connectivity index (χ0v) is 12.8. The third-order valence-corrected chi connectivity index (χ3v) is 3.43. The highest BCUT2D eigenvalue weighted by molar-refractivity contribution is 9.10. The Morgan fingerprint density at radius 3 is 2.60 bits per heavy atom. The number of alkyl halides is 3. The summed E-state index contributed by atoms with van der Waals surface area (Å²) in [6.45, 7) is 2.56. The summed E-state index contributed by atoms with van der Waals surface area (Å²) in [6.07, 6.45) is -4.01. The van der Waals surface area contributed by atoms with Crippen molar-refractivity contribution >= 4 is 15.9 Å². The summed E-state index contributed by atoms with van der Waals surface area (Å²) in [4.78, 5) is 0. The maximum atomic E-state index is 13.7. The molecule has 1 atom stereocenters. The lowest BCUT2D eigenvalue weighted by molar-refractivity contribution is -0.136. The van der Waals surface area contributed by atoms with Crippen LogP contribution in [0.1, 0.15) is 31.7 Å². The second-order valence-corrected chi connectivity index (χ2v) is 5.66. The lowest BCUT2D eigenvalue weighted by Crippen LogP contribution is -2.33. The van der Waals surface area contributed by atoms with Gasteiger partial charge in [0.25, 0.3) is 0 Å². The molecule has 0 aliphatic heterocycles. The molecule has 0 spiro atoms. The van der Waals surface area contributed by atoms with Gasteiger partial charge in [0.15, 0.2) is 0 Å². The van der Waals surface area contributed by atoms with E-state index in [2.05, 4.69) is 21.2 Å². The van der Waals surface area contributed by atoms with Crippen LogP contribution in [0.2, 0.25) is 0 Å². The van der Waals surface area contributed by atoms with Crippen molar-refractivity contribution in [3.63, 3.8) is 0 Å². The van der Waals surface area contributed by atoms with Gasteiger partial charge < -0.3 is 5.32 Å². The molecule has 0 heterocycles. The molecular weight excluding hydrogens is 338 g/mol. The highest BCUT2D eigenvalue weighted by Gasteiger charge is 2.28. The molecule has 1 N–H and O–H groups in total. The van der Waals surface area contributed by atoms with Crippen LogP contribution in [0.5, 0.6) is 0 Å². The van der Waals surface area contributed by atoms with Gasteiger partial charge in [-0.25, -0.2) is 4.39 Å². The van der Waals surface area contributed by atoms with Crippen molar-refractivity contribution in [3.8, 4) is 0 Å². The molecule has 0 saturated heterocycles. The van der Waals surface area contributed by atoms with Crippen LogP contribution in [-0.4, -0.2) is 18.8 Å². The van der Waals surface area contributed by atoms with E-state index in [9.17, 15) is 17.6 Å². The van der Waals surface area contributed by atoms with Gasteiger partial charge in [-0.15, -0.1) is 0 Å². The van der Waals surface area contributed by atoms with Crippen LogP contribution < -0.4 is 5.32 Å². The van der Waals surface area contributed by atoms with E-state index in [-0.39, 0.29) is 24.7 Å². The fourth-order valence-corrected chi connectivity index (χ4v) is 2.34. The first-order valence-corrected chi connectivity index (χ1v) is 7.35. The highest BCUT2D eigenvalue weighted by Crippen LogP contribution is 2.24. The smallest absolute Gasteiger partial charge is 0.314 e. The second-order valence-electron chi connectivity index (χ2n) is 4.74. The van der Waals surface area contributed by atoms with Gasteiger partial charge in [0.05, 0.1) is 0 Å². The van der Waals surface area contributed by atoms with Gasteiger partial charge >= 0.3 is 6.18 Å². The number of hydrogen-bond acceptors (Lipinski definition) is 1. The van der Waals surface area contributed by atoms with Gasteiger partial charge in [-0.05, 0) is 49.6 Å². The number of nitrogens with one attached hydrogen (secondary N) is 1. The standard InChI is InChI=1S/C14H18BrF4N/c1-2-7-20-12(5-6-14(17,18)19)9-10-8-11(15)3-4-13(10)16/h3-4,8,12,20H,2,5-7,9H2,1H3. The Hall–Kier alpha value is -0.620. The molecule has 1 unspecified atom stereocenters. The summed E-state index contributed by atoms with van der Waals surface area (Å²) in [7, 11) is 0. The summed E-state index contributed by atoms with van der Waals surface area (Å²) in [5.74, 6) is -0.386. The van der Waals surface area contributed by atoms with Crippen molar-refractivity contribution in [3.05, 3.63) is 34.1 Å². The summed E-state index contributed by atoms with van der Waals surface area (Å²) >= 11 is 3.24. The first-order valence-electron chi connectivity index (χ1n) is 6.56. The normalized spacial score (nSPS) is 13.5. The SMILES string of the molecule is CCCNC(CCC(F)(F)F)Cc1cc(Br)ccc1F. The molecule has 0 amide bonds. The Morgan fingerprint density at radius 2 is 2.00 bits per heavy atom. The number of hydrogen-bond donors (Lipinski definition) is 1. The van der Waals surface area contributed by atoms with Crippen molar-refractivity contribution < 1.29 is 17.6 Å². The monoisotopic (exact) mass is 355 g/mol. The van der Waals surface area contributed by atoms with Gasteiger partial charge in [0.1, 0.15) is 5.82 Å². The number of rotatable bonds is 7. The van der Waals surface area contributed by atoms with Crippen LogP contribution in [0.3, 0.4) is 0 Å². The van der Waals surface area contributed by atoms with Gasteiger partial charge in [-0.2, -0.15) is 13.2 Å². The predicted octanol–water partition coefficient (Wildman–Crippen LogP) is 4.84. The molecule has 0 aliphatic carbocycles. The lowest BCUT2D eigenvalue weighted by Gasteiger charge is -2.20. The van der Waals surface area contributed by atoms with Gasteiger partial charge in [-0.1, -0.05) is 22.9 Å². The zero-order valence-electron chi connectivity index (χ0n) is 11.2. The minimum absolute atomic E-state index is 0.0462. The van der Waals surface area contributed by atoms with Crippen LogP contribution in [0.4, 0.5) is 17.6 Å². The molecule has 6 heteroatoms. The van der Waals surface area contributed by atoms with E-state index in [0.717, 1.165) is 10.9 Å². The Bertz CT molecular complexity index is 420. The first kappa shape index (κ1) is 17.4. The van der Waals surface area contributed by atoms with E-state index in [1.807, 2.05) is 6.92 Å². The van der Waals surface area contributed by atoms with Gasteiger partial charge in [-0.3, -0.25) is 0 Å². The van der Waals surface area contributed by atoms with E-state index >= 15 is 0 Å². The van der Waals surface area contributed by atoms with Crippen LogP contribution in [0, 0.1) is 5.82 Å². The Morgan fingerprint density at radius 1 is 1.30 bits per heavy atom. The van der Waals surface area contributed by atoms with Crippen molar-refractivity contribution in [2.75, 3.05) is 6.54 Å². The molecular formula is C14H18BrF4N. The fourth-order valence-electron chi connectivity index (χ4n) is 1.93. The third-order valence-electron chi connectivity index (χ3n) is 2.93. The van der Waals surface area contributed by atoms with Crippen LogP contribution in [-0.2, 0) is 6.42 Å². The van der Waals surface area contributed by atoms with E-state index in [4.69, 9.17) is 0 Å². The highest BCUT2D eigenvalue weighted by atomic mass is 79.9. The Balaban J connectivity index is 2.70. The summed E-state index contributed by atoms with van der Waals surface area (Å²) in [5, 5.41) is 3.06. The summed E-state index contributed by atoms with van der Waals surface area (Å²) in [5.41, 5.74) is 0.426. The predicted molar refractivity (Wildman–Crippen MR) is 75.2 cm³/mol. The van der Waals surface area contributed by atoms with Gasteiger partial charge in [0, 0.05) is 16.9 Å². The van der Waals surface area contributed by atoms with Crippen molar-refractivity contribution in [2.24, 2.45) is 0 Å². The molecule has 1 aromatic carbocycles. The molecule has 1 nitrogen and oxygen atoms in total. The second kappa shape index (κ2) is 7.98. The van der Waals surface area contributed by atoms with Crippen molar-refractivity contribution in [1.29, 1.82) is 0 Å². The first-order chi connectivity index (χ1) is 9.31. The minimum Gasteiger partial charge on any atom is -0.314 e. The maximum absolute atomic E-state index is 13.7. The molecule has 0 saturated carbocycles. The summed E-state index contributed by atoms with van der Waals surface area (Å²) < 4.78 is 51.3. The largest absolute Gasteiger partial charge is 0.389 e. The molecule has 0 radical (unpaired) electrons. The van der Waals surface area contributed by atoms with E-state index in [1.54, 1.807) is 12.1 Å². The van der Waals surface area contributed by atoms with Gasteiger partial charge in [0.2, 0.25) is 0 Å². The van der Waals surface area contributed by atoms with E-state index in [1.165, 1.54) is 6.07 Å². The zero-order chi connectivity index (χ0) is 15.2. The Labute approximate surface area is 124 Å². The fraction of sp³-hybridized carbons (Fsp3) is 0.571. The van der Waals surface area contributed by atoms with Crippen LogP contribution >= 0.6 is 15.9 Å². The molecule has 0 aliphatic rings. The quantitative estimate of drug-likeness (QED) is 0.690. The molecule has 0 aromatic heterocycles. The van der Waals surface area contributed by atoms with Crippen molar-refractivity contribution in [2.45, 2.75) is 44.8 Å². The van der Waals surface area contributed by atoms with E-state index in [0.29, 0.717) is 12.1 Å². The average molecular weight is 356 g/mol. The lowest BCUT2D eigenvalue weighted by atomic mass is 10.0. The molecule has 114 valence electrons. The molecule has 1 rings (SSSR count). The maximum Gasteiger partial charge on any atom is 0.389 e. The van der Waals surface area contributed by atoms with Crippen LogP contribution in [0.25, 0.3) is 0 Å². The Kier molecular flexibility index (Phi) is 6.95. The molecule has 20 heavy (non-hydrogen) atoms. The number of benzene rings is 1.